The third-order valence-electron chi connectivity index (χ3n) is 4.68. The number of aryl methyl sites for hydroxylation is 2. The van der Waals surface area contributed by atoms with Crippen molar-refractivity contribution in [2.45, 2.75) is 50.8 Å². The van der Waals surface area contributed by atoms with E-state index in [0.29, 0.717) is 43.0 Å². The van der Waals surface area contributed by atoms with Gasteiger partial charge in [-0.3, -0.25) is 4.79 Å². The average Bonchev–Trinajstić information content (AvgIpc) is 3.22. The second-order valence-corrected chi connectivity index (χ2v) is 8.92. The van der Waals surface area contributed by atoms with Crippen LogP contribution in [0.3, 0.4) is 0 Å². The highest BCUT2D eigenvalue weighted by molar-refractivity contribution is 7.11. The molecule has 1 aliphatic heterocycles. The summed E-state index contributed by atoms with van der Waals surface area (Å²) in [6.07, 6.45) is -2.93. The number of likely N-dealkylation sites (tertiary alicyclic amines) is 1. The van der Waals surface area contributed by atoms with Crippen LogP contribution in [0.25, 0.3) is 0 Å². The van der Waals surface area contributed by atoms with E-state index in [9.17, 15) is 23.1 Å². The molecule has 0 saturated carbocycles. The molecule has 2 aromatic rings. The van der Waals surface area contributed by atoms with Crippen molar-refractivity contribution >= 4 is 28.6 Å². The van der Waals surface area contributed by atoms with Crippen molar-refractivity contribution in [1.29, 1.82) is 0 Å². The van der Waals surface area contributed by atoms with E-state index >= 15 is 0 Å². The van der Waals surface area contributed by atoms with Crippen LogP contribution in [0, 0.1) is 13.8 Å². The maximum atomic E-state index is 13.6. The van der Waals surface area contributed by atoms with Gasteiger partial charge in [-0.1, -0.05) is 0 Å². The first kappa shape index (κ1) is 20.2. The zero-order valence-electron chi connectivity index (χ0n) is 14.9. The zero-order chi connectivity index (χ0) is 19.8. The summed E-state index contributed by atoms with van der Waals surface area (Å²) in [6, 6.07) is 0. The van der Waals surface area contributed by atoms with E-state index in [2.05, 4.69) is 9.97 Å². The van der Waals surface area contributed by atoms with Crippen LogP contribution in [0.5, 0.6) is 0 Å². The minimum Gasteiger partial charge on any atom is -0.374 e. The predicted molar refractivity (Wildman–Crippen MR) is 96.8 cm³/mol. The first-order valence-electron chi connectivity index (χ1n) is 8.52. The Hall–Kier alpha value is -1.52. The van der Waals surface area contributed by atoms with Gasteiger partial charge in [-0.15, -0.1) is 22.7 Å². The van der Waals surface area contributed by atoms with E-state index in [0.717, 1.165) is 9.88 Å². The Morgan fingerprint density at radius 3 is 2.48 bits per heavy atom. The van der Waals surface area contributed by atoms with Gasteiger partial charge in [0.1, 0.15) is 5.01 Å². The fraction of sp³-hybridized carbons (Fsp3) is 0.588. The third kappa shape index (κ3) is 4.17. The van der Waals surface area contributed by atoms with Crippen molar-refractivity contribution < 1.29 is 23.1 Å². The summed E-state index contributed by atoms with van der Waals surface area (Å²) in [5.74, 6) is -0.493. The number of hydrogen-bond donors (Lipinski definition) is 1. The molecule has 1 unspecified atom stereocenters. The van der Waals surface area contributed by atoms with Gasteiger partial charge in [0.05, 0.1) is 11.4 Å². The molecule has 1 aliphatic rings. The lowest BCUT2D eigenvalue weighted by atomic mass is 9.95. The van der Waals surface area contributed by atoms with Crippen molar-refractivity contribution in [2.75, 3.05) is 13.1 Å². The number of carbonyl (C=O) groups excluding carboxylic acids is 1. The average molecular weight is 419 g/mol. The molecule has 1 saturated heterocycles. The maximum Gasteiger partial charge on any atom is 0.424 e. The lowest BCUT2D eigenvalue weighted by Crippen LogP contribution is -2.48. The van der Waals surface area contributed by atoms with Crippen LogP contribution in [0.15, 0.2) is 11.6 Å². The molecule has 1 N–H and O–H groups in total. The summed E-state index contributed by atoms with van der Waals surface area (Å²) in [7, 11) is 0. The first-order valence-corrected chi connectivity index (χ1v) is 10.2. The SMILES string of the molecule is Cc1csc(C(O)(CC(=O)N2CCC(c3ncc(C)s3)CC2)C(F)(F)F)n1. The highest BCUT2D eigenvalue weighted by Gasteiger charge is 2.58. The number of piperidine rings is 1. The molecule has 1 atom stereocenters. The van der Waals surface area contributed by atoms with Crippen LogP contribution in [0.1, 0.15) is 45.8 Å². The van der Waals surface area contributed by atoms with E-state index in [1.807, 2.05) is 6.92 Å². The Morgan fingerprint density at radius 1 is 1.33 bits per heavy atom. The Labute approximate surface area is 162 Å². The molecule has 10 heteroatoms. The van der Waals surface area contributed by atoms with Crippen LogP contribution in [-0.2, 0) is 10.4 Å². The highest BCUT2D eigenvalue weighted by Crippen LogP contribution is 2.43. The minimum absolute atomic E-state index is 0.218. The van der Waals surface area contributed by atoms with Gasteiger partial charge in [-0.25, -0.2) is 9.97 Å². The minimum atomic E-state index is -4.98. The Balaban J connectivity index is 1.68. The quantitative estimate of drug-likeness (QED) is 0.820. The fourth-order valence-electron chi connectivity index (χ4n) is 3.11. The number of halogens is 3. The molecular weight excluding hydrogens is 399 g/mol. The lowest BCUT2D eigenvalue weighted by Gasteiger charge is -2.34. The summed E-state index contributed by atoms with van der Waals surface area (Å²) in [5.41, 5.74) is -2.88. The largest absolute Gasteiger partial charge is 0.424 e. The summed E-state index contributed by atoms with van der Waals surface area (Å²) in [4.78, 5) is 23.2. The summed E-state index contributed by atoms with van der Waals surface area (Å²) >= 11 is 2.32. The normalized spacial score (nSPS) is 18.5. The molecule has 3 rings (SSSR count). The second kappa shape index (κ2) is 7.48. The molecule has 1 fully saturated rings. The molecule has 1 amide bonds. The van der Waals surface area contributed by atoms with Gasteiger partial charge >= 0.3 is 6.18 Å². The zero-order valence-corrected chi connectivity index (χ0v) is 16.5. The van der Waals surface area contributed by atoms with E-state index in [-0.39, 0.29) is 5.92 Å². The van der Waals surface area contributed by atoms with Crippen LogP contribution < -0.4 is 0 Å². The first-order chi connectivity index (χ1) is 12.6. The molecule has 0 bridgehead atoms. The van der Waals surface area contributed by atoms with Gasteiger partial charge < -0.3 is 10.0 Å². The van der Waals surface area contributed by atoms with Crippen LogP contribution in [0.2, 0.25) is 0 Å². The van der Waals surface area contributed by atoms with E-state index < -0.39 is 29.1 Å². The molecule has 0 radical (unpaired) electrons. The topological polar surface area (TPSA) is 66.3 Å². The molecule has 0 aromatic carbocycles. The fourth-order valence-corrected chi connectivity index (χ4v) is 4.97. The number of thiazole rings is 2. The third-order valence-corrected chi connectivity index (χ3v) is 6.87. The van der Waals surface area contributed by atoms with Crippen LogP contribution >= 0.6 is 22.7 Å². The van der Waals surface area contributed by atoms with Crippen molar-refractivity contribution in [3.05, 3.63) is 32.2 Å². The number of hydrogen-bond acceptors (Lipinski definition) is 6. The lowest BCUT2D eigenvalue weighted by molar-refractivity contribution is -0.268. The second-order valence-electron chi connectivity index (χ2n) is 6.79. The highest BCUT2D eigenvalue weighted by atomic mass is 32.1. The molecular formula is C17H20F3N3O2S2. The van der Waals surface area contributed by atoms with Crippen LogP contribution in [0.4, 0.5) is 13.2 Å². The number of rotatable bonds is 4. The van der Waals surface area contributed by atoms with Gasteiger partial charge in [0, 0.05) is 41.2 Å². The number of alkyl halides is 3. The van der Waals surface area contributed by atoms with E-state index in [1.54, 1.807) is 24.5 Å². The Morgan fingerprint density at radius 2 is 2.00 bits per heavy atom. The van der Waals surface area contributed by atoms with Gasteiger partial charge in [-0.2, -0.15) is 13.2 Å². The molecule has 148 valence electrons. The number of nitrogens with zero attached hydrogens (tertiary/aromatic N) is 3. The molecule has 27 heavy (non-hydrogen) atoms. The number of aromatic nitrogens is 2. The molecule has 5 nitrogen and oxygen atoms in total. The van der Waals surface area contributed by atoms with E-state index in [4.69, 9.17) is 0 Å². The van der Waals surface area contributed by atoms with Gasteiger partial charge in [0.2, 0.25) is 11.5 Å². The van der Waals surface area contributed by atoms with Gasteiger partial charge in [-0.05, 0) is 26.7 Å². The van der Waals surface area contributed by atoms with Gasteiger partial charge in [0.25, 0.3) is 0 Å². The molecule has 3 heterocycles. The summed E-state index contributed by atoms with van der Waals surface area (Å²) in [6.45, 7) is 4.22. The standard InChI is InChI=1S/C17H20F3N3O2S2/c1-10-9-26-15(22-10)16(25,17(18,19)20)7-13(24)23-5-3-12(4-6-23)14-21-8-11(2)27-14/h8-9,12,25H,3-7H2,1-2H3. The monoisotopic (exact) mass is 419 g/mol. The van der Waals surface area contributed by atoms with Crippen molar-refractivity contribution in [1.82, 2.24) is 14.9 Å². The summed E-state index contributed by atoms with van der Waals surface area (Å²) in [5, 5.41) is 12.3. The molecule has 2 aromatic heterocycles. The Kier molecular flexibility index (Phi) is 5.60. The summed E-state index contributed by atoms with van der Waals surface area (Å²) < 4.78 is 40.7. The van der Waals surface area contributed by atoms with Crippen molar-refractivity contribution in [3.63, 3.8) is 0 Å². The van der Waals surface area contributed by atoms with Crippen molar-refractivity contribution in [3.8, 4) is 0 Å². The number of aliphatic hydroxyl groups is 1. The van der Waals surface area contributed by atoms with Crippen molar-refractivity contribution in [2.24, 2.45) is 0 Å². The maximum absolute atomic E-state index is 13.6. The van der Waals surface area contributed by atoms with Crippen LogP contribution in [-0.4, -0.2) is 45.1 Å². The smallest absolute Gasteiger partial charge is 0.374 e. The van der Waals surface area contributed by atoms with E-state index in [1.165, 1.54) is 10.3 Å². The molecule has 0 aliphatic carbocycles. The Bertz CT molecular complexity index is 812. The number of amides is 1. The number of carbonyl (C=O) groups is 1. The van der Waals surface area contributed by atoms with Gasteiger partial charge in [0.15, 0.2) is 0 Å². The predicted octanol–water partition coefficient (Wildman–Crippen LogP) is 3.76. The molecule has 0 spiro atoms.